The number of carbonyl (C=O) groups excluding carboxylic acids is 2. The van der Waals surface area contributed by atoms with Gasteiger partial charge in [-0.2, -0.15) is 0 Å². The summed E-state index contributed by atoms with van der Waals surface area (Å²) in [5, 5.41) is 6.12. The summed E-state index contributed by atoms with van der Waals surface area (Å²) in [6.07, 6.45) is 0.972. The summed E-state index contributed by atoms with van der Waals surface area (Å²) in [5.41, 5.74) is 2.10. The second-order valence-corrected chi connectivity index (χ2v) is 7.59. The highest BCUT2D eigenvalue weighted by Gasteiger charge is 2.32. The van der Waals surface area contributed by atoms with E-state index in [1.165, 1.54) is 0 Å². The average Bonchev–Trinajstić information content (AvgIpc) is 2.83. The lowest BCUT2D eigenvalue weighted by molar-refractivity contribution is -0.140. The van der Waals surface area contributed by atoms with E-state index in [9.17, 15) is 9.59 Å². The molecule has 0 unspecified atom stereocenters. The Balaban J connectivity index is 1.79. The van der Waals surface area contributed by atoms with Crippen LogP contribution in [0.1, 0.15) is 39.2 Å². The topological polar surface area (TPSA) is 70.7 Å². The number of ether oxygens (including phenoxy) is 1. The van der Waals surface area contributed by atoms with Crippen molar-refractivity contribution >= 4 is 34.9 Å². The Hall–Kier alpha value is -2.73. The van der Waals surface area contributed by atoms with Crippen LogP contribution in [0.4, 0.5) is 16.2 Å². The monoisotopic (exact) mass is 415 g/mol. The van der Waals surface area contributed by atoms with Crippen molar-refractivity contribution in [1.82, 2.24) is 4.90 Å². The molecule has 29 heavy (non-hydrogen) atoms. The van der Waals surface area contributed by atoms with Crippen molar-refractivity contribution in [2.45, 2.75) is 52.3 Å². The number of hydrogen-bond donors (Lipinski definition) is 2. The SMILES string of the molecule is CC[C@@H]1Oc2ccc(NC(=O)Nc3cccc(Cl)c3)cc2CN([C@@H](C)CC)C1=O. The van der Waals surface area contributed by atoms with E-state index in [0.717, 1.165) is 12.0 Å². The number of hydrogen-bond acceptors (Lipinski definition) is 3. The number of amides is 3. The van der Waals surface area contributed by atoms with Crippen molar-refractivity contribution in [3.8, 4) is 5.75 Å². The van der Waals surface area contributed by atoms with Crippen LogP contribution in [-0.2, 0) is 11.3 Å². The number of rotatable bonds is 5. The number of urea groups is 1. The summed E-state index contributed by atoms with van der Waals surface area (Å²) in [4.78, 5) is 27.0. The third-order valence-electron chi connectivity index (χ3n) is 5.06. The zero-order valence-electron chi connectivity index (χ0n) is 16.9. The molecule has 0 radical (unpaired) electrons. The first-order valence-electron chi connectivity index (χ1n) is 9.84. The predicted molar refractivity (Wildman–Crippen MR) is 116 cm³/mol. The molecular formula is C22H26ClN3O3. The highest BCUT2D eigenvalue weighted by atomic mass is 35.5. The molecule has 3 amide bonds. The van der Waals surface area contributed by atoms with Gasteiger partial charge in [-0.1, -0.05) is 31.5 Å². The predicted octanol–water partition coefficient (Wildman–Crippen LogP) is 5.28. The van der Waals surface area contributed by atoms with Crippen LogP contribution in [0.2, 0.25) is 5.02 Å². The normalized spacial score (nSPS) is 17.0. The lowest BCUT2D eigenvalue weighted by atomic mass is 10.1. The van der Waals surface area contributed by atoms with Crippen LogP contribution in [-0.4, -0.2) is 29.0 Å². The van der Waals surface area contributed by atoms with Gasteiger partial charge < -0.3 is 20.3 Å². The van der Waals surface area contributed by atoms with Gasteiger partial charge in [-0.25, -0.2) is 4.79 Å². The molecule has 0 spiro atoms. The van der Waals surface area contributed by atoms with Crippen LogP contribution in [0.15, 0.2) is 42.5 Å². The van der Waals surface area contributed by atoms with E-state index in [0.29, 0.717) is 35.1 Å². The lowest BCUT2D eigenvalue weighted by Crippen LogP contribution is -2.43. The highest BCUT2D eigenvalue weighted by molar-refractivity contribution is 6.30. The molecule has 0 bridgehead atoms. The van der Waals surface area contributed by atoms with Crippen molar-refractivity contribution in [2.24, 2.45) is 0 Å². The largest absolute Gasteiger partial charge is 0.480 e. The van der Waals surface area contributed by atoms with Gasteiger partial charge in [0.25, 0.3) is 5.91 Å². The maximum Gasteiger partial charge on any atom is 0.323 e. The lowest BCUT2D eigenvalue weighted by Gasteiger charge is -2.28. The van der Waals surface area contributed by atoms with E-state index in [4.69, 9.17) is 16.3 Å². The van der Waals surface area contributed by atoms with E-state index in [-0.39, 0.29) is 18.0 Å². The molecule has 0 aliphatic carbocycles. The minimum atomic E-state index is -0.491. The molecule has 0 fully saturated rings. The van der Waals surface area contributed by atoms with Gasteiger partial charge in [-0.05, 0) is 56.2 Å². The summed E-state index contributed by atoms with van der Waals surface area (Å²) in [7, 11) is 0. The number of halogens is 1. The standard InChI is InChI=1S/C22H26ClN3O3/c1-4-14(3)26-13-15-11-18(9-10-20(15)29-19(5-2)21(26)27)25-22(28)24-17-8-6-7-16(23)12-17/h6-12,14,19H,4-5,13H2,1-3H3,(H2,24,25,28)/t14-,19-/m0/s1. The molecule has 3 rings (SSSR count). The Kier molecular flexibility index (Phi) is 6.64. The van der Waals surface area contributed by atoms with Gasteiger partial charge in [-0.15, -0.1) is 0 Å². The molecule has 2 aromatic carbocycles. The Labute approximate surface area is 176 Å². The fourth-order valence-corrected chi connectivity index (χ4v) is 3.45. The summed E-state index contributed by atoms with van der Waals surface area (Å²) in [6, 6.07) is 12.1. The van der Waals surface area contributed by atoms with Gasteiger partial charge in [0.1, 0.15) is 5.75 Å². The molecule has 6 nitrogen and oxygen atoms in total. The average molecular weight is 416 g/mol. The highest BCUT2D eigenvalue weighted by Crippen LogP contribution is 2.30. The zero-order valence-corrected chi connectivity index (χ0v) is 17.6. The van der Waals surface area contributed by atoms with Gasteiger partial charge in [0, 0.05) is 34.5 Å². The van der Waals surface area contributed by atoms with Crippen molar-refractivity contribution in [2.75, 3.05) is 10.6 Å². The number of nitrogens with zero attached hydrogens (tertiary/aromatic N) is 1. The van der Waals surface area contributed by atoms with Gasteiger partial charge in [0.05, 0.1) is 0 Å². The molecule has 1 heterocycles. The van der Waals surface area contributed by atoms with Crippen LogP contribution in [0.25, 0.3) is 0 Å². The molecule has 2 atom stereocenters. The Morgan fingerprint density at radius 2 is 1.93 bits per heavy atom. The fourth-order valence-electron chi connectivity index (χ4n) is 3.26. The maximum absolute atomic E-state index is 12.8. The van der Waals surface area contributed by atoms with Crippen LogP contribution in [0.3, 0.4) is 0 Å². The quantitative estimate of drug-likeness (QED) is 0.697. The zero-order chi connectivity index (χ0) is 21.0. The molecule has 2 N–H and O–H groups in total. The first-order chi connectivity index (χ1) is 13.9. The number of carbonyl (C=O) groups is 2. The smallest absolute Gasteiger partial charge is 0.323 e. The fraction of sp³-hybridized carbons (Fsp3) is 0.364. The maximum atomic E-state index is 12.8. The molecular weight excluding hydrogens is 390 g/mol. The third-order valence-corrected chi connectivity index (χ3v) is 5.30. The molecule has 1 aliphatic heterocycles. The van der Waals surface area contributed by atoms with Crippen molar-refractivity contribution < 1.29 is 14.3 Å². The van der Waals surface area contributed by atoms with Gasteiger partial charge in [0.15, 0.2) is 6.10 Å². The summed E-state index contributed by atoms with van der Waals surface area (Å²) >= 11 is 5.95. The number of fused-ring (bicyclic) bond motifs is 1. The summed E-state index contributed by atoms with van der Waals surface area (Å²) < 4.78 is 5.98. The second kappa shape index (κ2) is 9.18. The van der Waals surface area contributed by atoms with Crippen LogP contribution >= 0.6 is 11.6 Å². The number of anilines is 2. The Morgan fingerprint density at radius 3 is 2.59 bits per heavy atom. The van der Waals surface area contributed by atoms with E-state index in [2.05, 4.69) is 17.6 Å². The first-order valence-corrected chi connectivity index (χ1v) is 10.2. The van der Waals surface area contributed by atoms with Crippen LogP contribution in [0.5, 0.6) is 5.75 Å². The minimum Gasteiger partial charge on any atom is -0.480 e. The second-order valence-electron chi connectivity index (χ2n) is 7.15. The van der Waals surface area contributed by atoms with E-state index < -0.39 is 6.10 Å². The molecule has 2 aromatic rings. The van der Waals surface area contributed by atoms with Crippen molar-refractivity contribution in [3.05, 3.63) is 53.1 Å². The summed E-state index contributed by atoms with van der Waals surface area (Å²) in [6.45, 7) is 6.49. The molecule has 0 aromatic heterocycles. The number of nitrogens with one attached hydrogen (secondary N) is 2. The van der Waals surface area contributed by atoms with E-state index in [1.807, 2.05) is 24.8 Å². The van der Waals surface area contributed by atoms with Crippen molar-refractivity contribution in [3.63, 3.8) is 0 Å². The molecule has 0 saturated heterocycles. The van der Waals surface area contributed by atoms with Gasteiger partial charge in [0.2, 0.25) is 0 Å². The van der Waals surface area contributed by atoms with Crippen LogP contribution < -0.4 is 15.4 Å². The van der Waals surface area contributed by atoms with E-state index in [1.54, 1.807) is 36.4 Å². The molecule has 1 aliphatic rings. The molecule has 7 heteroatoms. The Morgan fingerprint density at radius 1 is 1.21 bits per heavy atom. The van der Waals surface area contributed by atoms with Gasteiger partial charge in [-0.3, -0.25) is 4.79 Å². The first kappa shape index (κ1) is 21.0. The third kappa shape index (κ3) is 5.01. The van der Waals surface area contributed by atoms with Crippen molar-refractivity contribution in [1.29, 1.82) is 0 Å². The minimum absolute atomic E-state index is 0.00579. The Bertz CT molecular complexity index is 903. The van der Waals surface area contributed by atoms with Crippen LogP contribution in [0, 0.1) is 0 Å². The summed E-state index contributed by atoms with van der Waals surface area (Å²) in [5.74, 6) is 0.683. The molecule has 154 valence electrons. The number of benzene rings is 2. The van der Waals surface area contributed by atoms with E-state index >= 15 is 0 Å². The van der Waals surface area contributed by atoms with Gasteiger partial charge >= 0.3 is 6.03 Å². The molecule has 0 saturated carbocycles.